The third-order valence-electron chi connectivity index (χ3n) is 4.31. The van der Waals surface area contributed by atoms with E-state index in [1.807, 2.05) is 27.0 Å². The normalized spacial score (nSPS) is 22.0. The molecular weight excluding hydrogens is 311 g/mol. The van der Waals surface area contributed by atoms with Gasteiger partial charge in [-0.05, 0) is 51.0 Å². The van der Waals surface area contributed by atoms with Gasteiger partial charge in [0.2, 0.25) is 0 Å². The predicted octanol–water partition coefficient (Wildman–Crippen LogP) is 3.39. The van der Waals surface area contributed by atoms with Crippen molar-refractivity contribution >= 4 is 17.0 Å². The average molecular weight is 334 g/mol. The van der Waals surface area contributed by atoms with Crippen LogP contribution < -0.4 is 0 Å². The van der Waals surface area contributed by atoms with Crippen molar-refractivity contribution in [1.29, 1.82) is 0 Å². The number of aliphatic hydroxyl groups is 1. The Bertz CT molecular complexity index is 750. The SMILES string of the molecule is CC(C)(C)OC(=O)N1CCC(c2c[nH]c3cc(F)ccc23)C(O)C1. The molecule has 1 aromatic carbocycles. The molecular formula is C18H23FN2O3. The number of amides is 1. The number of aliphatic hydroxyl groups excluding tert-OH is 1. The standard InChI is InChI=1S/C18H23FN2O3/c1-18(2,3)24-17(23)21-7-6-13(16(22)10-21)14-9-20-15-8-11(19)4-5-12(14)15/h4-5,8-9,13,16,20,22H,6-7,10H2,1-3H3. The largest absolute Gasteiger partial charge is 0.444 e. The molecule has 3 rings (SSSR count). The van der Waals surface area contributed by atoms with E-state index in [0.717, 1.165) is 10.9 Å². The maximum absolute atomic E-state index is 13.3. The number of aromatic amines is 1. The molecule has 0 saturated carbocycles. The van der Waals surface area contributed by atoms with E-state index < -0.39 is 17.8 Å². The number of nitrogens with one attached hydrogen (secondary N) is 1. The van der Waals surface area contributed by atoms with Gasteiger partial charge in [0.15, 0.2) is 0 Å². The third-order valence-corrected chi connectivity index (χ3v) is 4.31. The highest BCUT2D eigenvalue weighted by Crippen LogP contribution is 2.34. The number of benzene rings is 1. The fourth-order valence-corrected chi connectivity index (χ4v) is 3.21. The van der Waals surface area contributed by atoms with Crippen LogP contribution in [0.5, 0.6) is 0 Å². The number of H-pyrrole nitrogens is 1. The van der Waals surface area contributed by atoms with Crippen LogP contribution in [0.4, 0.5) is 9.18 Å². The van der Waals surface area contributed by atoms with Crippen molar-refractivity contribution in [2.75, 3.05) is 13.1 Å². The lowest BCUT2D eigenvalue weighted by atomic mass is 9.87. The van der Waals surface area contributed by atoms with Crippen LogP contribution in [0.1, 0.15) is 38.7 Å². The lowest BCUT2D eigenvalue weighted by molar-refractivity contribution is -0.00138. The number of hydrogen-bond donors (Lipinski definition) is 2. The van der Waals surface area contributed by atoms with E-state index in [1.54, 1.807) is 11.0 Å². The number of likely N-dealkylation sites (tertiary alicyclic amines) is 1. The molecule has 0 spiro atoms. The quantitative estimate of drug-likeness (QED) is 0.840. The highest BCUT2D eigenvalue weighted by molar-refractivity contribution is 5.84. The number of carbonyl (C=O) groups is 1. The average Bonchev–Trinajstić information content (AvgIpc) is 2.88. The molecule has 2 unspecified atom stereocenters. The zero-order valence-electron chi connectivity index (χ0n) is 14.2. The van der Waals surface area contributed by atoms with Gasteiger partial charge in [-0.15, -0.1) is 0 Å². The second-order valence-corrected chi connectivity index (χ2v) is 7.32. The van der Waals surface area contributed by atoms with Gasteiger partial charge < -0.3 is 19.7 Å². The summed E-state index contributed by atoms with van der Waals surface area (Å²) in [5, 5.41) is 11.4. The van der Waals surface area contributed by atoms with Crippen molar-refractivity contribution in [3.05, 3.63) is 35.8 Å². The van der Waals surface area contributed by atoms with Gasteiger partial charge in [0.05, 0.1) is 12.6 Å². The summed E-state index contributed by atoms with van der Waals surface area (Å²) in [5.41, 5.74) is 1.12. The molecule has 1 saturated heterocycles. The summed E-state index contributed by atoms with van der Waals surface area (Å²) in [6.07, 6.45) is 1.36. The molecule has 0 aliphatic carbocycles. The number of aromatic nitrogens is 1. The van der Waals surface area contributed by atoms with Crippen LogP contribution in [0.3, 0.4) is 0 Å². The lowest BCUT2D eigenvalue weighted by Gasteiger charge is -2.36. The Labute approximate surface area is 140 Å². The molecule has 2 N–H and O–H groups in total. The molecule has 6 heteroatoms. The first-order valence-corrected chi connectivity index (χ1v) is 8.17. The molecule has 1 amide bonds. The van der Waals surface area contributed by atoms with Gasteiger partial charge in [0.1, 0.15) is 11.4 Å². The van der Waals surface area contributed by atoms with Gasteiger partial charge in [0.25, 0.3) is 0 Å². The van der Waals surface area contributed by atoms with Crippen LogP contribution in [0.25, 0.3) is 10.9 Å². The number of halogens is 1. The van der Waals surface area contributed by atoms with Crippen LogP contribution in [-0.4, -0.2) is 45.9 Å². The van der Waals surface area contributed by atoms with Gasteiger partial charge in [-0.25, -0.2) is 9.18 Å². The lowest BCUT2D eigenvalue weighted by Crippen LogP contribution is -2.47. The molecule has 1 aromatic heterocycles. The highest BCUT2D eigenvalue weighted by Gasteiger charge is 2.34. The zero-order valence-corrected chi connectivity index (χ0v) is 14.2. The van der Waals surface area contributed by atoms with Crippen LogP contribution in [0.15, 0.2) is 24.4 Å². The monoisotopic (exact) mass is 334 g/mol. The van der Waals surface area contributed by atoms with Gasteiger partial charge in [-0.2, -0.15) is 0 Å². The predicted molar refractivity (Wildman–Crippen MR) is 89.4 cm³/mol. The first kappa shape index (κ1) is 16.8. The van der Waals surface area contributed by atoms with Crippen molar-refractivity contribution in [1.82, 2.24) is 9.88 Å². The van der Waals surface area contributed by atoms with E-state index >= 15 is 0 Å². The topological polar surface area (TPSA) is 65.6 Å². The Kier molecular flexibility index (Phi) is 4.25. The summed E-state index contributed by atoms with van der Waals surface area (Å²) in [7, 11) is 0. The summed E-state index contributed by atoms with van der Waals surface area (Å²) in [6.45, 7) is 6.20. The molecule has 24 heavy (non-hydrogen) atoms. The fourth-order valence-electron chi connectivity index (χ4n) is 3.21. The summed E-state index contributed by atoms with van der Waals surface area (Å²) in [5.74, 6) is -0.390. The zero-order chi connectivity index (χ0) is 17.5. The van der Waals surface area contributed by atoms with Crippen molar-refractivity contribution in [2.45, 2.75) is 44.8 Å². The molecule has 2 heterocycles. The van der Waals surface area contributed by atoms with Crippen LogP contribution in [0.2, 0.25) is 0 Å². The maximum Gasteiger partial charge on any atom is 0.410 e. The minimum absolute atomic E-state index is 0.0945. The molecule has 2 atom stereocenters. The van der Waals surface area contributed by atoms with E-state index in [0.29, 0.717) is 18.5 Å². The van der Waals surface area contributed by atoms with Crippen LogP contribution in [0, 0.1) is 5.82 Å². The first-order chi connectivity index (χ1) is 11.2. The van der Waals surface area contributed by atoms with E-state index in [2.05, 4.69) is 4.98 Å². The molecule has 0 radical (unpaired) electrons. The third kappa shape index (κ3) is 3.38. The van der Waals surface area contributed by atoms with Crippen molar-refractivity contribution < 1.29 is 19.0 Å². The Hall–Kier alpha value is -2.08. The second-order valence-electron chi connectivity index (χ2n) is 7.32. The number of piperidine rings is 1. The molecule has 130 valence electrons. The molecule has 1 fully saturated rings. The number of fused-ring (bicyclic) bond motifs is 1. The van der Waals surface area contributed by atoms with Gasteiger partial charge in [-0.3, -0.25) is 0 Å². The molecule has 1 aliphatic heterocycles. The molecule has 1 aliphatic rings. The van der Waals surface area contributed by atoms with Crippen molar-refractivity contribution in [2.24, 2.45) is 0 Å². The Balaban J connectivity index is 1.75. The van der Waals surface area contributed by atoms with Gasteiger partial charge in [-0.1, -0.05) is 0 Å². The Morgan fingerprint density at radius 3 is 2.83 bits per heavy atom. The van der Waals surface area contributed by atoms with Gasteiger partial charge >= 0.3 is 6.09 Å². The van der Waals surface area contributed by atoms with Crippen molar-refractivity contribution in [3.63, 3.8) is 0 Å². The summed E-state index contributed by atoms with van der Waals surface area (Å²) < 4.78 is 18.7. The minimum atomic E-state index is -0.685. The first-order valence-electron chi connectivity index (χ1n) is 8.17. The van der Waals surface area contributed by atoms with E-state index in [1.165, 1.54) is 12.1 Å². The minimum Gasteiger partial charge on any atom is -0.444 e. The summed E-state index contributed by atoms with van der Waals surface area (Å²) in [4.78, 5) is 16.7. The number of hydrogen-bond acceptors (Lipinski definition) is 3. The number of nitrogens with zero attached hydrogens (tertiary/aromatic N) is 1. The molecule has 5 nitrogen and oxygen atoms in total. The summed E-state index contributed by atoms with van der Waals surface area (Å²) >= 11 is 0. The van der Waals surface area contributed by atoms with Crippen LogP contribution >= 0.6 is 0 Å². The van der Waals surface area contributed by atoms with Crippen LogP contribution in [-0.2, 0) is 4.74 Å². The Morgan fingerprint density at radius 2 is 2.17 bits per heavy atom. The second kappa shape index (κ2) is 6.09. The summed E-state index contributed by atoms with van der Waals surface area (Å²) in [6, 6.07) is 4.59. The van der Waals surface area contributed by atoms with Gasteiger partial charge in [0, 0.05) is 29.6 Å². The molecule has 2 aromatic rings. The number of ether oxygens (including phenoxy) is 1. The smallest absolute Gasteiger partial charge is 0.410 e. The molecule has 0 bridgehead atoms. The van der Waals surface area contributed by atoms with E-state index in [4.69, 9.17) is 4.74 Å². The van der Waals surface area contributed by atoms with E-state index in [9.17, 15) is 14.3 Å². The number of rotatable bonds is 1. The highest BCUT2D eigenvalue weighted by atomic mass is 19.1. The Morgan fingerprint density at radius 1 is 1.42 bits per heavy atom. The maximum atomic E-state index is 13.3. The number of carbonyl (C=O) groups excluding carboxylic acids is 1. The van der Waals surface area contributed by atoms with E-state index in [-0.39, 0.29) is 18.3 Å². The fraction of sp³-hybridized carbons (Fsp3) is 0.500. The number of β-amino-alcohol motifs (C(OH)–C–C–N with tert-alkyl or cyclic N) is 1. The van der Waals surface area contributed by atoms with Crippen molar-refractivity contribution in [3.8, 4) is 0 Å².